The zero-order valence-electron chi connectivity index (χ0n) is 25.1. The first kappa shape index (κ1) is 30.7. The van der Waals surface area contributed by atoms with Gasteiger partial charge in [-0.25, -0.2) is 4.39 Å². The molecule has 0 radical (unpaired) electrons. The average molecular weight is 564 g/mol. The number of piperidine rings is 1. The second kappa shape index (κ2) is 14.1. The van der Waals surface area contributed by atoms with E-state index in [0.717, 1.165) is 37.4 Å². The predicted octanol–water partition coefficient (Wildman–Crippen LogP) is 6.29. The Morgan fingerprint density at radius 2 is 1.78 bits per heavy atom. The quantitative estimate of drug-likeness (QED) is 0.366. The molecule has 0 unspecified atom stereocenters. The number of nitrogens with two attached hydrogens (primary N) is 1. The van der Waals surface area contributed by atoms with E-state index in [4.69, 9.17) is 0 Å². The molecule has 7 nitrogen and oxygen atoms in total. The molecule has 2 aliphatic rings. The van der Waals surface area contributed by atoms with Crippen molar-refractivity contribution in [2.75, 3.05) is 26.7 Å². The molecule has 2 aromatic heterocycles. The zero-order valence-corrected chi connectivity index (χ0v) is 25.1. The molecule has 1 aliphatic carbocycles. The highest BCUT2D eigenvalue weighted by Gasteiger charge is 2.26. The van der Waals surface area contributed by atoms with Crippen molar-refractivity contribution in [1.82, 2.24) is 19.4 Å². The van der Waals surface area contributed by atoms with Crippen LogP contribution < -0.4 is 5.73 Å². The van der Waals surface area contributed by atoms with Gasteiger partial charge in [0.15, 0.2) is 0 Å². The Bertz CT molecular complexity index is 1320. The van der Waals surface area contributed by atoms with Crippen molar-refractivity contribution >= 4 is 22.7 Å². The molecule has 3 heterocycles. The Morgan fingerprint density at radius 1 is 1.10 bits per heavy atom. The van der Waals surface area contributed by atoms with Gasteiger partial charge in [0, 0.05) is 37.8 Å². The van der Waals surface area contributed by atoms with Crippen LogP contribution in [0, 0.1) is 11.7 Å². The summed E-state index contributed by atoms with van der Waals surface area (Å²) in [7, 11) is 1.77. The summed E-state index contributed by atoms with van der Waals surface area (Å²) < 4.78 is 16.4. The standard InChI is InChI=1S/C31H41FN4O.C2H5NO/c1-22(2)34(3)31(37)27-19-25(32)9-10-29(27)36-21-28(26-11-15-33-20-30(26)36)24-13-17-35(18-14-24)16-12-23-7-5-4-6-8-23;1-2(3)4/h9-11,15,19-24H,4-8,12-14,16-18H2,1-3H3;1H3,(H2,3,4). The minimum atomic E-state index is -0.403. The van der Waals surface area contributed by atoms with Crippen LogP contribution >= 0.6 is 0 Å². The normalized spacial score (nSPS) is 16.9. The van der Waals surface area contributed by atoms with Crippen LogP contribution in [0.2, 0.25) is 0 Å². The number of nitrogens with zero attached hydrogens (tertiary/aromatic N) is 4. The van der Waals surface area contributed by atoms with Crippen molar-refractivity contribution < 1.29 is 14.0 Å². The van der Waals surface area contributed by atoms with Crippen molar-refractivity contribution in [3.05, 3.63) is 59.8 Å². The van der Waals surface area contributed by atoms with Crippen LogP contribution in [0.4, 0.5) is 4.39 Å². The van der Waals surface area contributed by atoms with Crippen molar-refractivity contribution in [2.24, 2.45) is 11.7 Å². The van der Waals surface area contributed by atoms with E-state index in [1.54, 1.807) is 18.0 Å². The SMILES string of the molecule is CC(C)N(C)C(=O)c1cc(F)ccc1-n1cc(C2CCN(CCC3CCCCC3)CC2)c2ccncc21.CC(N)=O. The van der Waals surface area contributed by atoms with Crippen LogP contribution in [0.25, 0.3) is 16.6 Å². The maximum atomic E-state index is 14.3. The van der Waals surface area contributed by atoms with E-state index in [1.165, 1.54) is 75.1 Å². The Labute approximate surface area is 243 Å². The molecule has 41 heavy (non-hydrogen) atoms. The summed E-state index contributed by atoms with van der Waals surface area (Å²) in [6.45, 7) is 8.73. The molecule has 5 rings (SSSR count). The third kappa shape index (κ3) is 7.73. The number of primary amides is 1. The van der Waals surface area contributed by atoms with Crippen LogP contribution in [0.3, 0.4) is 0 Å². The van der Waals surface area contributed by atoms with Crippen molar-refractivity contribution in [3.8, 4) is 5.69 Å². The molecule has 0 atom stereocenters. The van der Waals surface area contributed by atoms with Crippen LogP contribution in [-0.2, 0) is 4.79 Å². The van der Waals surface area contributed by atoms with E-state index in [-0.39, 0.29) is 17.9 Å². The number of pyridine rings is 1. The van der Waals surface area contributed by atoms with Crippen molar-refractivity contribution in [1.29, 1.82) is 0 Å². The first-order valence-electron chi connectivity index (χ1n) is 15.2. The van der Waals surface area contributed by atoms with Crippen LogP contribution in [-0.4, -0.2) is 63.9 Å². The first-order chi connectivity index (χ1) is 19.7. The lowest BCUT2D eigenvalue weighted by atomic mass is 9.86. The van der Waals surface area contributed by atoms with Gasteiger partial charge >= 0.3 is 0 Å². The Balaban J connectivity index is 0.000000909. The molecule has 1 aliphatic heterocycles. The molecule has 1 saturated heterocycles. The average Bonchev–Trinajstić information content (AvgIpc) is 3.35. The van der Waals surface area contributed by atoms with Crippen molar-refractivity contribution in [2.45, 2.75) is 84.1 Å². The number of hydrogen-bond acceptors (Lipinski definition) is 4. The highest BCUT2D eigenvalue weighted by Crippen LogP contribution is 2.36. The molecule has 0 spiro atoms. The number of benzene rings is 1. The van der Waals surface area contributed by atoms with Gasteiger partial charge in [-0.05, 0) is 94.4 Å². The smallest absolute Gasteiger partial charge is 0.256 e. The maximum absolute atomic E-state index is 14.3. The van der Waals surface area contributed by atoms with E-state index in [2.05, 4.69) is 27.9 Å². The number of amides is 2. The van der Waals surface area contributed by atoms with E-state index in [1.807, 2.05) is 30.8 Å². The number of carbonyl (C=O) groups excluding carboxylic acids is 2. The molecular weight excluding hydrogens is 517 g/mol. The molecule has 8 heteroatoms. The molecule has 0 bridgehead atoms. The number of fused-ring (bicyclic) bond motifs is 1. The third-order valence-corrected chi connectivity index (χ3v) is 8.79. The summed E-state index contributed by atoms with van der Waals surface area (Å²) in [6.07, 6.45) is 16.6. The number of likely N-dealkylation sites (tertiary alicyclic amines) is 1. The highest BCUT2D eigenvalue weighted by molar-refractivity contribution is 5.99. The third-order valence-electron chi connectivity index (χ3n) is 8.79. The molecule has 3 aromatic rings. The number of rotatable bonds is 7. The van der Waals surface area contributed by atoms with Crippen molar-refractivity contribution in [3.63, 3.8) is 0 Å². The number of carbonyl (C=O) groups is 2. The largest absolute Gasteiger partial charge is 0.370 e. The maximum Gasteiger partial charge on any atom is 0.256 e. The molecule has 1 saturated carbocycles. The van der Waals surface area contributed by atoms with Gasteiger partial charge < -0.3 is 20.1 Å². The summed E-state index contributed by atoms with van der Waals surface area (Å²) in [4.78, 5) is 31.2. The van der Waals surface area contributed by atoms with Gasteiger partial charge in [-0.2, -0.15) is 0 Å². The molecule has 2 N–H and O–H groups in total. The monoisotopic (exact) mass is 563 g/mol. The summed E-state index contributed by atoms with van der Waals surface area (Å²) in [5, 5.41) is 1.18. The van der Waals surface area contributed by atoms with Gasteiger partial charge in [0.25, 0.3) is 5.91 Å². The van der Waals surface area contributed by atoms with E-state index >= 15 is 0 Å². The fourth-order valence-corrected chi connectivity index (χ4v) is 6.25. The lowest BCUT2D eigenvalue weighted by molar-refractivity contribution is -0.115. The van der Waals surface area contributed by atoms with E-state index in [9.17, 15) is 14.0 Å². The number of aromatic nitrogens is 2. The minimum absolute atomic E-state index is 0.0190. The fraction of sp³-hybridized carbons (Fsp3) is 0.545. The summed E-state index contributed by atoms with van der Waals surface area (Å²) in [5.74, 6) is 0.483. The molecular formula is C33H46FN5O2. The summed E-state index contributed by atoms with van der Waals surface area (Å²) in [6, 6.07) is 6.63. The molecule has 222 valence electrons. The second-order valence-electron chi connectivity index (χ2n) is 12.0. The Hall–Kier alpha value is -3.26. The van der Waals surface area contributed by atoms with Gasteiger partial charge in [-0.15, -0.1) is 0 Å². The molecule has 2 fully saturated rings. The number of halogens is 1. The second-order valence-corrected chi connectivity index (χ2v) is 12.0. The summed E-state index contributed by atoms with van der Waals surface area (Å²) in [5.41, 5.74) is 7.82. The lowest BCUT2D eigenvalue weighted by Gasteiger charge is -2.33. The minimum Gasteiger partial charge on any atom is -0.370 e. The highest BCUT2D eigenvalue weighted by atomic mass is 19.1. The fourth-order valence-electron chi connectivity index (χ4n) is 6.25. The van der Waals surface area contributed by atoms with Gasteiger partial charge in [0.1, 0.15) is 5.82 Å². The van der Waals surface area contributed by atoms with Gasteiger partial charge in [0.05, 0.1) is 23.0 Å². The van der Waals surface area contributed by atoms with Gasteiger partial charge in [-0.3, -0.25) is 14.6 Å². The topological polar surface area (TPSA) is 84.5 Å². The Kier molecular flexibility index (Phi) is 10.5. The van der Waals surface area contributed by atoms with Crippen LogP contribution in [0.5, 0.6) is 0 Å². The van der Waals surface area contributed by atoms with Crippen LogP contribution in [0.1, 0.15) is 94.0 Å². The first-order valence-corrected chi connectivity index (χ1v) is 15.2. The summed E-state index contributed by atoms with van der Waals surface area (Å²) >= 11 is 0. The zero-order chi connectivity index (χ0) is 29.5. The van der Waals surface area contributed by atoms with E-state index in [0.29, 0.717) is 17.2 Å². The lowest BCUT2D eigenvalue weighted by Crippen LogP contribution is -2.34. The Morgan fingerprint density at radius 3 is 2.44 bits per heavy atom. The van der Waals surface area contributed by atoms with Gasteiger partial charge in [-0.1, -0.05) is 32.1 Å². The predicted molar refractivity (Wildman–Crippen MR) is 163 cm³/mol. The van der Waals surface area contributed by atoms with Gasteiger partial charge in [0.2, 0.25) is 5.91 Å². The molecule has 2 amide bonds. The van der Waals surface area contributed by atoms with E-state index < -0.39 is 5.82 Å². The van der Waals surface area contributed by atoms with Crippen LogP contribution in [0.15, 0.2) is 42.9 Å². The molecule has 1 aromatic carbocycles. The number of hydrogen-bond donors (Lipinski definition) is 1.